The third kappa shape index (κ3) is 3.33. The van der Waals surface area contributed by atoms with Crippen molar-refractivity contribution in [1.29, 1.82) is 5.26 Å². The largest absolute Gasteiger partial charge is 0.481 e. The van der Waals surface area contributed by atoms with Crippen LogP contribution in [0.25, 0.3) is 0 Å². The van der Waals surface area contributed by atoms with Gasteiger partial charge in [-0.2, -0.15) is 5.26 Å². The highest BCUT2D eigenvalue weighted by atomic mass is 19.1. The Morgan fingerprint density at radius 3 is 2.71 bits per heavy atom. The van der Waals surface area contributed by atoms with Crippen LogP contribution >= 0.6 is 0 Å². The number of hydrogen-bond donors (Lipinski definition) is 2. The monoisotopic (exact) mass is 290 g/mol. The molecule has 0 spiro atoms. The number of rotatable bonds is 4. The van der Waals surface area contributed by atoms with E-state index in [4.69, 9.17) is 5.26 Å². The molecule has 5 heteroatoms. The second kappa shape index (κ2) is 6.13. The fourth-order valence-corrected chi connectivity index (χ4v) is 2.77. The number of carboxylic acid groups (broad SMARTS) is 1. The van der Waals surface area contributed by atoms with E-state index in [0.717, 1.165) is 18.9 Å². The van der Waals surface area contributed by atoms with Crippen LogP contribution in [-0.4, -0.2) is 17.6 Å². The van der Waals surface area contributed by atoms with E-state index in [1.165, 1.54) is 12.1 Å². The van der Waals surface area contributed by atoms with Crippen molar-refractivity contribution < 1.29 is 14.3 Å². The molecule has 0 aromatic heterocycles. The maximum absolute atomic E-state index is 13.8. The number of hydrogen-bond acceptors (Lipinski definition) is 3. The Labute approximate surface area is 123 Å². The zero-order valence-electron chi connectivity index (χ0n) is 12.0. The highest BCUT2D eigenvalue weighted by molar-refractivity contribution is 5.75. The number of aliphatic carboxylic acids is 1. The summed E-state index contributed by atoms with van der Waals surface area (Å²) in [7, 11) is 0. The van der Waals surface area contributed by atoms with Crippen LogP contribution in [-0.2, 0) is 4.79 Å². The minimum Gasteiger partial charge on any atom is -0.481 e. The van der Waals surface area contributed by atoms with Gasteiger partial charge in [-0.1, -0.05) is 6.92 Å². The minimum atomic E-state index is -0.827. The quantitative estimate of drug-likeness (QED) is 0.891. The Bertz CT molecular complexity index is 572. The highest BCUT2D eigenvalue weighted by Crippen LogP contribution is 2.39. The second-order valence-corrected chi connectivity index (χ2v) is 5.93. The summed E-state index contributed by atoms with van der Waals surface area (Å²) in [6.07, 6.45) is 2.97. The van der Waals surface area contributed by atoms with Crippen molar-refractivity contribution in [3.05, 3.63) is 29.6 Å². The molecule has 1 aromatic carbocycles. The normalized spacial score (nSPS) is 25.1. The van der Waals surface area contributed by atoms with Gasteiger partial charge in [-0.05, 0) is 49.8 Å². The molecule has 1 aromatic rings. The Kier molecular flexibility index (Phi) is 4.46. The molecule has 1 aliphatic rings. The Morgan fingerprint density at radius 2 is 2.19 bits per heavy atom. The van der Waals surface area contributed by atoms with Crippen LogP contribution in [0.2, 0.25) is 0 Å². The van der Waals surface area contributed by atoms with Gasteiger partial charge in [0.25, 0.3) is 0 Å². The lowest BCUT2D eigenvalue weighted by Crippen LogP contribution is -2.41. The molecule has 0 amide bonds. The SMILES string of the molecule is CC1CCC(CNc2ccc(C#N)cc2F)(C(=O)O)CC1. The molecule has 1 saturated carbocycles. The number of anilines is 1. The van der Waals surface area contributed by atoms with Gasteiger partial charge in [-0.15, -0.1) is 0 Å². The van der Waals surface area contributed by atoms with Crippen molar-refractivity contribution in [2.24, 2.45) is 11.3 Å². The van der Waals surface area contributed by atoms with Gasteiger partial charge in [0.05, 0.1) is 22.7 Å². The summed E-state index contributed by atoms with van der Waals surface area (Å²) in [5.41, 5.74) is -0.335. The summed E-state index contributed by atoms with van der Waals surface area (Å²) in [6, 6.07) is 6.02. The van der Waals surface area contributed by atoms with E-state index in [0.29, 0.717) is 18.8 Å². The Hall–Kier alpha value is -2.09. The second-order valence-electron chi connectivity index (χ2n) is 5.93. The van der Waals surface area contributed by atoms with E-state index >= 15 is 0 Å². The van der Waals surface area contributed by atoms with E-state index in [1.807, 2.05) is 6.07 Å². The molecule has 1 fully saturated rings. The smallest absolute Gasteiger partial charge is 0.311 e. The van der Waals surface area contributed by atoms with Crippen molar-refractivity contribution in [3.63, 3.8) is 0 Å². The number of benzene rings is 1. The molecule has 4 nitrogen and oxygen atoms in total. The topological polar surface area (TPSA) is 73.1 Å². The maximum atomic E-state index is 13.8. The minimum absolute atomic E-state index is 0.206. The van der Waals surface area contributed by atoms with E-state index in [1.54, 1.807) is 0 Å². The van der Waals surface area contributed by atoms with Gasteiger partial charge in [-0.25, -0.2) is 4.39 Å². The molecule has 0 radical (unpaired) electrons. The Morgan fingerprint density at radius 1 is 1.52 bits per heavy atom. The van der Waals surface area contributed by atoms with Crippen LogP contribution in [0.15, 0.2) is 18.2 Å². The predicted molar refractivity (Wildman–Crippen MR) is 77.3 cm³/mol. The van der Waals surface area contributed by atoms with Gasteiger partial charge in [0, 0.05) is 6.54 Å². The van der Waals surface area contributed by atoms with Crippen molar-refractivity contribution in [2.75, 3.05) is 11.9 Å². The number of nitrogens with one attached hydrogen (secondary N) is 1. The summed E-state index contributed by atoms with van der Waals surface area (Å²) < 4.78 is 13.8. The van der Waals surface area contributed by atoms with Crippen molar-refractivity contribution in [1.82, 2.24) is 0 Å². The molecular formula is C16H19FN2O2. The van der Waals surface area contributed by atoms with Crippen LogP contribution in [0.5, 0.6) is 0 Å². The Balaban J connectivity index is 2.09. The number of carboxylic acids is 1. The van der Waals surface area contributed by atoms with E-state index in [-0.39, 0.29) is 17.8 Å². The first-order chi connectivity index (χ1) is 9.97. The molecule has 112 valence electrons. The fraction of sp³-hybridized carbons (Fsp3) is 0.500. The molecule has 2 rings (SSSR count). The lowest BCUT2D eigenvalue weighted by atomic mass is 9.71. The molecule has 1 aliphatic carbocycles. The lowest BCUT2D eigenvalue weighted by molar-refractivity contribution is -0.150. The lowest BCUT2D eigenvalue weighted by Gasteiger charge is -2.36. The molecule has 0 aliphatic heterocycles. The summed E-state index contributed by atoms with van der Waals surface area (Å²) in [5.74, 6) is -0.807. The van der Waals surface area contributed by atoms with Crippen LogP contribution in [0.4, 0.5) is 10.1 Å². The van der Waals surface area contributed by atoms with Crippen molar-refractivity contribution in [3.8, 4) is 6.07 Å². The third-order valence-electron chi connectivity index (χ3n) is 4.40. The first kappa shape index (κ1) is 15.3. The molecule has 0 bridgehead atoms. The molecule has 0 atom stereocenters. The summed E-state index contributed by atoms with van der Waals surface area (Å²) in [6.45, 7) is 2.33. The third-order valence-corrected chi connectivity index (χ3v) is 4.40. The van der Waals surface area contributed by atoms with Crippen LogP contribution in [0.3, 0.4) is 0 Å². The number of nitrogens with zero attached hydrogens (tertiary/aromatic N) is 1. The van der Waals surface area contributed by atoms with Gasteiger partial charge in [0.1, 0.15) is 5.82 Å². The number of nitriles is 1. The van der Waals surface area contributed by atoms with Gasteiger partial charge >= 0.3 is 5.97 Å². The first-order valence-corrected chi connectivity index (χ1v) is 7.14. The number of halogens is 1. The first-order valence-electron chi connectivity index (χ1n) is 7.14. The highest BCUT2D eigenvalue weighted by Gasteiger charge is 2.41. The van der Waals surface area contributed by atoms with Crippen LogP contribution in [0.1, 0.15) is 38.2 Å². The van der Waals surface area contributed by atoms with Crippen LogP contribution < -0.4 is 5.32 Å². The zero-order valence-corrected chi connectivity index (χ0v) is 12.0. The van der Waals surface area contributed by atoms with Crippen LogP contribution in [0, 0.1) is 28.5 Å². The fourth-order valence-electron chi connectivity index (χ4n) is 2.77. The molecular weight excluding hydrogens is 271 g/mol. The standard InChI is InChI=1S/C16H19FN2O2/c1-11-4-6-16(7-5-11,15(20)21)10-19-14-3-2-12(9-18)8-13(14)17/h2-3,8,11,19H,4-7,10H2,1H3,(H,20,21). The van der Waals surface area contributed by atoms with Crippen molar-refractivity contribution in [2.45, 2.75) is 32.6 Å². The van der Waals surface area contributed by atoms with Gasteiger partial charge < -0.3 is 10.4 Å². The molecule has 21 heavy (non-hydrogen) atoms. The maximum Gasteiger partial charge on any atom is 0.311 e. The predicted octanol–water partition coefficient (Wildman–Crippen LogP) is 3.39. The van der Waals surface area contributed by atoms with Gasteiger partial charge in [0.15, 0.2) is 0 Å². The summed E-state index contributed by atoms with van der Waals surface area (Å²) >= 11 is 0. The number of carbonyl (C=O) groups is 1. The average Bonchev–Trinajstić information content (AvgIpc) is 2.47. The molecule has 0 unspecified atom stereocenters. The average molecular weight is 290 g/mol. The van der Waals surface area contributed by atoms with E-state index < -0.39 is 17.2 Å². The molecule has 0 saturated heterocycles. The summed E-state index contributed by atoms with van der Waals surface area (Å²) in [4.78, 5) is 11.6. The van der Waals surface area contributed by atoms with Gasteiger partial charge in [-0.3, -0.25) is 4.79 Å². The van der Waals surface area contributed by atoms with Gasteiger partial charge in [0.2, 0.25) is 0 Å². The molecule has 2 N–H and O–H groups in total. The van der Waals surface area contributed by atoms with Crippen molar-refractivity contribution >= 4 is 11.7 Å². The summed E-state index contributed by atoms with van der Waals surface area (Å²) in [5, 5.41) is 21.1. The van der Waals surface area contributed by atoms with E-state index in [9.17, 15) is 14.3 Å². The zero-order chi connectivity index (χ0) is 15.5. The van der Waals surface area contributed by atoms with E-state index in [2.05, 4.69) is 12.2 Å². The molecule has 0 heterocycles.